The quantitative estimate of drug-likeness (QED) is 0.224. The van der Waals surface area contributed by atoms with E-state index in [0.29, 0.717) is 46.0 Å². The highest BCUT2D eigenvalue weighted by Gasteiger charge is 2.42. The largest absolute Gasteiger partial charge is 0.493 e. The molecule has 2 atom stereocenters. The number of rotatable bonds is 7. The van der Waals surface area contributed by atoms with E-state index in [-0.39, 0.29) is 34.9 Å². The number of hydrogen-bond donors (Lipinski definition) is 1. The molecule has 2 aliphatic carbocycles. The van der Waals surface area contributed by atoms with Gasteiger partial charge >= 0.3 is 5.97 Å². The molecule has 0 saturated heterocycles. The first-order valence-corrected chi connectivity index (χ1v) is 14.2. The van der Waals surface area contributed by atoms with Crippen LogP contribution >= 0.6 is 11.6 Å². The molecule has 1 saturated carbocycles. The first-order chi connectivity index (χ1) is 19.7. The molecule has 216 valence electrons. The van der Waals surface area contributed by atoms with Crippen LogP contribution in [0.4, 0.5) is 5.69 Å². The molecular weight excluding hydrogens is 548 g/mol. The number of carbonyl (C=O) groups excluding carboxylic acids is 2. The van der Waals surface area contributed by atoms with Crippen LogP contribution in [0.25, 0.3) is 0 Å². The molecule has 1 heterocycles. The van der Waals surface area contributed by atoms with E-state index in [1.54, 1.807) is 27.2 Å². The summed E-state index contributed by atoms with van der Waals surface area (Å²) < 4.78 is 16.8. The zero-order valence-corrected chi connectivity index (χ0v) is 24.1. The van der Waals surface area contributed by atoms with Gasteiger partial charge < -0.3 is 19.5 Å². The Morgan fingerprint density at radius 1 is 1.00 bits per heavy atom. The number of carbonyl (C=O) groups is 2. The van der Waals surface area contributed by atoms with Crippen molar-refractivity contribution in [3.63, 3.8) is 0 Å². The number of allylic oxidation sites excluding steroid dienone is 3. The maximum atomic E-state index is 13.9. The fourth-order valence-corrected chi connectivity index (χ4v) is 6.42. The van der Waals surface area contributed by atoms with Gasteiger partial charge in [-0.1, -0.05) is 30.2 Å². The van der Waals surface area contributed by atoms with Crippen LogP contribution in [0, 0.1) is 10.1 Å². The van der Waals surface area contributed by atoms with Crippen molar-refractivity contribution in [1.82, 2.24) is 5.32 Å². The van der Waals surface area contributed by atoms with Crippen molar-refractivity contribution in [2.24, 2.45) is 0 Å². The van der Waals surface area contributed by atoms with E-state index < -0.39 is 16.8 Å². The molecular formula is C31H33ClN2O7. The van der Waals surface area contributed by atoms with Crippen LogP contribution in [0.3, 0.4) is 0 Å². The van der Waals surface area contributed by atoms with Crippen LogP contribution in [0.15, 0.2) is 58.9 Å². The van der Waals surface area contributed by atoms with Crippen molar-refractivity contribution >= 4 is 29.0 Å². The van der Waals surface area contributed by atoms with E-state index >= 15 is 0 Å². The van der Waals surface area contributed by atoms with Gasteiger partial charge in [-0.3, -0.25) is 14.9 Å². The number of ketones is 1. The molecule has 0 amide bonds. The van der Waals surface area contributed by atoms with E-state index in [2.05, 4.69) is 5.32 Å². The number of nitro benzene ring substituents is 1. The minimum Gasteiger partial charge on any atom is -0.493 e. The molecule has 0 aromatic heterocycles. The second kappa shape index (κ2) is 11.9. The molecule has 0 spiro atoms. The molecule has 10 heteroatoms. The summed E-state index contributed by atoms with van der Waals surface area (Å²) in [5.41, 5.74) is 3.07. The van der Waals surface area contributed by atoms with Crippen molar-refractivity contribution in [2.75, 3.05) is 14.2 Å². The van der Waals surface area contributed by atoms with Crippen LogP contribution in [-0.2, 0) is 14.3 Å². The van der Waals surface area contributed by atoms with Gasteiger partial charge in [-0.15, -0.1) is 0 Å². The number of halogens is 1. The summed E-state index contributed by atoms with van der Waals surface area (Å²) in [7, 11) is 3.13. The third-order valence-electron chi connectivity index (χ3n) is 8.25. The third kappa shape index (κ3) is 5.68. The third-order valence-corrected chi connectivity index (χ3v) is 8.57. The number of nitro groups is 1. The van der Waals surface area contributed by atoms with Gasteiger partial charge in [-0.25, -0.2) is 4.79 Å². The molecule has 0 radical (unpaired) electrons. The second-order valence-corrected chi connectivity index (χ2v) is 11.2. The molecule has 1 fully saturated rings. The molecule has 1 aliphatic heterocycles. The minimum atomic E-state index is -0.822. The lowest BCUT2D eigenvalue weighted by molar-refractivity contribution is -0.384. The van der Waals surface area contributed by atoms with Crippen molar-refractivity contribution in [3.05, 3.63) is 85.2 Å². The number of dihydropyridines is 1. The summed E-state index contributed by atoms with van der Waals surface area (Å²) in [6.07, 6.45) is 5.20. The summed E-state index contributed by atoms with van der Waals surface area (Å²) in [6, 6.07) is 10.1. The van der Waals surface area contributed by atoms with Gasteiger partial charge in [0.05, 0.1) is 24.7 Å². The number of ether oxygens (including phenoxy) is 3. The summed E-state index contributed by atoms with van der Waals surface area (Å²) in [5, 5.41) is 15.1. The highest BCUT2D eigenvalue weighted by molar-refractivity contribution is 6.32. The number of Topliss-reactive ketones (excluding diaryl/α,β-unsaturated/α-hetero) is 1. The lowest BCUT2D eigenvalue weighted by atomic mass is 9.71. The average Bonchev–Trinajstić information content (AvgIpc) is 2.96. The number of esters is 1. The Kier molecular flexibility index (Phi) is 8.35. The monoisotopic (exact) mass is 580 g/mol. The van der Waals surface area contributed by atoms with E-state index in [9.17, 15) is 19.7 Å². The zero-order chi connectivity index (χ0) is 29.3. The minimum absolute atomic E-state index is 0.0163. The molecule has 2 aromatic rings. The van der Waals surface area contributed by atoms with Crippen molar-refractivity contribution in [1.29, 1.82) is 0 Å². The number of hydrogen-bond acceptors (Lipinski definition) is 8. The van der Waals surface area contributed by atoms with Gasteiger partial charge in [0, 0.05) is 35.4 Å². The molecule has 0 unspecified atom stereocenters. The lowest BCUT2D eigenvalue weighted by Gasteiger charge is -2.37. The Morgan fingerprint density at radius 3 is 2.39 bits per heavy atom. The fourth-order valence-electron chi connectivity index (χ4n) is 6.23. The first-order valence-electron chi connectivity index (χ1n) is 13.8. The molecule has 3 aliphatic rings. The number of nitrogens with one attached hydrogen (secondary N) is 1. The van der Waals surface area contributed by atoms with Gasteiger partial charge in [-0.2, -0.15) is 0 Å². The Balaban J connectivity index is 1.56. The highest BCUT2D eigenvalue weighted by Crippen LogP contribution is 2.47. The summed E-state index contributed by atoms with van der Waals surface area (Å²) >= 11 is 6.13. The summed E-state index contributed by atoms with van der Waals surface area (Å²) in [5.74, 6) is -0.445. The molecule has 0 bridgehead atoms. The van der Waals surface area contributed by atoms with E-state index in [1.165, 1.54) is 12.1 Å². The Morgan fingerprint density at radius 2 is 1.71 bits per heavy atom. The summed E-state index contributed by atoms with van der Waals surface area (Å²) in [4.78, 5) is 38.8. The highest BCUT2D eigenvalue weighted by atomic mass is 35.5. The standard InChI is InChI=1S/C31H33ClN2O7/c1-17-28(31(36)41-21-7-5-4-6-8-21)29(19-9-11-22(32)24(14-19)34(37)38)30-23(33-17)13-20(15-25(30)35)18-10-12-26(39-2)27(16-18)40-3/h9-12,14,16,20-21,29,33H,4-8,13,15H2,1-3H3/t20-,29+/m0/s1. The average molecular weight is 581 g/mol. The van der Waals surface area contributed by atoms with Crippen molar-refractivity contribution in [2.45, 2.75) is 69.8 Å². The lowest BCUT2D eigenvalue weighted by Crippen LogP contribution is -2.37. The SMILES string of the molecule is COc1ccc([C@@H]2CC(=O)C3=C(C2)NC(C)=C(C(=O)OC2CCCCC2)[C@H]3c2ccc(Cl)c([N+](=O)[O-])c2)cc1OC. The van der Waals surface area contributed by atoms with Crippen LogP contribution in [0.5, 0.6) is 11.5 Å². The maximum absolute atomic E-state index is 13.9. The van der Waals surface area contributed by atoms with Gasteiger partial charge in [0.1, 0.15) is 11.1 Å². The van der Waals surface area contributed by atoms with Crippen LogP contribution < -0.4 is 14.8 Å². The van der Waals surface area contributed by atoms with E-state index in [4.69, 9.17) is 25.8 Å². The number of nitrogens with zero attached hydrogens (tertiary/aromatic N) is 1. The van der Waals surface area contributed by atoms with Crippen molar-refractivity contribution in [3.8, 4) is 11.5 Å². The van der Waals surface area contributed by atoms with Gasteiger partial charge in [0.25, 0.3) is 5.69 Å². The van der Waals surface area contributed by atoms with Crippen LogP contribution in [0.1, 0.15) is 74.8 Å². The molecule has 2 aromatic carbocycles. The number of benzene rings is 2. The molecule has 1 N–H and O–H groups in total. The molecule has 9 nitrogen and oxygen atoms in total. The van der Waals surface area contributed by atoms with Gasteiger partial charge in [-0.05, 0) is 74.3 Å². The van der Waals surface area contributed by atoms with Gasteiger partial charge in [0.2, 0.25) is 0 Å². The fraction of sp³-hybridized carbons (Fsp3) is 0.419. The zero-order valence-electron chi connectivity index (χ0n) is 23.3. The van der Waals surface area contributed by atoms with Crippen molar-refractivity contribution < 1.29 is 28.7 Å². The number of methoxy groups -OCH3 is 2. The predicted octanol–water partition coefficient (Wildman–Crippen LogP) is 6.50. The normalized spacial score (nSPS) is 21.2. The maximum Gasteiger partial charge on any atom is 0.337 e. The topological polar surface area (TPSA) is 117 Å². The smallest absolute Gasteiger partial charge is 0.337 e. The summed E-state index contributed by atoms with van der Waals surface area (Å²) in [6.45, 7) is 1.78. The Labute approximate surface area is 243 Å². The van der Waals surface area contributed by atoms with E-state index in [1.807, 2.05) is 18.2 Å². The molecule has 41 heavy (non-hydrogen) atoms. The Hall–Kier alpha value is -3.85. The van der Waals surface area contributed by atoms with E-state index in [0.717, 1.165) is 37.7 Å². The molecule has 5 rings (SSSR count). The van der Waals surface area contributed by atoms with Crippen LogP contribution in [0.2, 0.25) is 5.02 Å². The second-order valence-electron chi connectivity index (χ2n) is 10.8. The van der Waals surface area contributed by atoms with Gasteiger partial charge in [0.15, 0.2) is 17.3 Å². The van der Waals surface area contributed by atoms with Crippen LogP contribution in [-0.4, -0.2) is 37.0 Å². The first kappa shape index (κ1) is 28.7. The Bertz CT molecular complexity index is 1460. The predicted molar refractivity (Wildman–Crippen MR) is 153 cm³/mol.